The Kier molecular flexibility index (Phi) is 4.46. The van der Waals surface area contributed by atoms with Gasteiger partial charge in [0, 0.05) is 33.1 Å². The first-order chi connectivity index (χ1) is 9.78. The summed E-state index contributed by atoms with van der Waals surface area (Å²) in [6, 6.07) is 0. The highest BCUT2D eigenvalue weighted by Crippen LogP contribution is 2.21. The van der Waals surface area contributed by atoms with E-state index in [-0.39, 0.29) is 11.9 Å². The van der Waals surface area contributed by atoms with Gasteiger partial charge in [0.05, 0.1) is 11.7 Å². The maximum absolute atomic E-state index is 12.0. The van der Waals surface area contributed by atoms with Crippen molar-refractivity contribution in [2.75, 3.05) is 31.1 Å². The van der Waals surface area contributed by atoms with Crippen LogP contribution >= 0.6 is 11.7 Å². The number of Topliss-reactive ketones (excluding diaryl/α,β-unsaturated/α-hetero) is 1. The third-order valence-electron chi connectivity index (χ3n) is 3.04. The van der Waals surface area contributed by atoms with E-state index < -0.39 is 5.60 Å². The molecule has 1 aliphatic heterocycles. The van der Waals surface area contributed by atoms with Gasteiger partial charge in [0.1, 0.15) is 5.60 Å². The van der Waals surface area contributed by atoms with E-state index >= 15 is 0 Å². The summed E-state index contributed by atoms with van der Waals surface area (Å²) in [5.74, 6) is 0.532. The number of anilines is 1. The highest BCUT2D eigenvalue weighted by molar-refractivity contribution is 6.99. The molecule has 1 saturated heterocycles. The van der Waals surface area contributed by atoms with Crippen LogP contribution in [0.5, 0.6) is 0 Å². The van der Waals surface area contributed by atoms with Crippen LogP contribution in [0.2, 0.25) is 0 Å². The minimum Gasteiger partial charge on any atom is -0.444 e. The van der Waals surface area contributed by atoms with E-state index in [1.165, 1.54) is 6.92 Å². The summed E-state index contributed by atoms with van der Waals surface area (Å²) in [7, 11) is 0. The lowest BCUT2D eigenvalue weighted by Gasteiger charge is -2.35. The van der Waals surface area contributed by atoms with Gasteiger partial charge < -0.3 is 14.5 Å². The molecule has 0 aliphatic carbocycles. The molecule has 1 amide bonds. The van der Waals surface area contributed by atoms with Crippen LogP contribution in [0.4, 0.5) is 10.6 Å². The molecule has 0 bridgehead atoms. The fourth-order valence-corrected chi connectivity index (χ4v) is 2.65. The molecule has 21 heavy (non-hydrogen) atoms. The van der Waals surface area contributed by atoms with E-state index in [1.807, 2.05) is 25.7 Å². The third kappa shape index (κ3) is 3.90. The monoisotopic (exact) mass is 312 g/mol. The van der Waals surface area contributed by atoms with E-state index in [9.17, 15) is 9.59 Å². The number of carbonyl (C=O) groups is 2. The Morgan fingerprint density at radius 2 is 1.76 bits per heavy atom. The quantitative estimate of drug-likeness (QED) is 0.775. The molecule has 1 aromatic rings. The molecule has 0 aromatic carbocycles. The zero-order valence-electron chi connectivity index (χ0n) is 12.8. The van der Waals surface area contributed by atoms with Gasteiger partial charge >= 0.3 is 6.09 Å². The van der Waals surface area contributed by atoms with Gasteiger partial charge in [-0.05, 0) is 20.8 Å². The van der Waals surface area contributed by atoms with Crippen LogP contribution in [0.15, 0.2) is 0 Å². The van der Waals surface area contributed by atoms with E-state index in [4.69, 9.17) is 4.74 Å². The number of carbonyl (C=O) groups excluding carboxylic acids is 2. The van der Waals surface area contributed by atoms with Crippen molar-refractivity contribution in [1.29, 1.82) is 0 Å². The molecule has 1 aliphatic rings. The zero-order chi connectivity index (χ0) is 15.6. The number of nitrogens with zero attached hydrogens (tertiary/aromatic N) is 4. The third-order valence-corrected chi connectivity index (χ3v) is 3.55. The van der Waals surface area contributed by atoms with E-state index in [0.717, 1.165) is 11.7 Å². The van der Waals surface area contributed by atoms with Crippen molar-refractivity contribution in [2.45, 2.75) is 33.3 Å². The molecule has 0 unspecified atom stereocenters. The van der Waals surface area contributed by atoms with Gasteiger partial charge in [-0.1, -0.05) is 0 Å². The van der Waals surface area contributed by atoms with Crippen LogP contribution in [-0.4, -0.2) is 57.3 Å². The summed E-state index contributed by atoms with van der Waals surface area (Å²) in [6.45, 7) is 9.35. The van der Waals surface area contributed by atoms with Crippen LogP contribution in [0.3, 0.4) is 0 Å². The lowest BCUT2D eigenvalue weighted by molar-refractivity contribution is 0.0240. The first kappa shape index (κ1) is 15.7. The van der Waals surface area contributed by atoms with Crippen LogP contribution in [0.1, 0.15) is 38.2 Å². The molecule has 1 aromatic heterocycles. The number of aromatic nitrogens is 2. The minimum atomic E-state index is -0.491. The topological polar surface area (TPSA) is 75.6 Å². The van der Waals surface area contributed by atoms with Crippen molar-refractivity contribution < 1.29 is 14.3 Å². The lowest BCUT2D eigenvalue weighted by atomic mass is 10.2. The summed E-state index contributed by atoms with van der Waals surface area (Å²) in [5.41, 5.74) is -0.0831. The minimum absolute atomic E-state index is 0.0895. The SMILES string of the molecule is CC(=O)c1nsnc1N1CCN(C(=O)OC(C)(C)C)CC1. The van der Waals surface area contributed by atoms with E-state index in [0.29, 0.717) is 37.7 Å². The number of hydrogen-bond donors (Lipinski definition) is 0. The molecule has 7 nitrogen and oxygen atoms in total. The molecule has 116 valence electrons. The number of rotatable bonds is 2. The van der Waals surface area contributed by atoms with Gasteiger partial charge in [-0.25, -0.2) is 4.79 Å². The van der Waals surface area contributed by atoms with Crippen molar-refractivity contribution in [1.82, 2.24) is 13.6 Å². The number of amides is 1. The van der Waals surface area contributed by atoms with Crippen molar-refractivity contribution >= 4 is 29.4 Å². The van der Waals surface area contributed by atoms with Crippen LogP contribution < -0.4 is 4.90 Å². The fraction of sp³-hybridized carbons (Fsp3) is 0.692. The number of piperazine rings is 1. The lowest BCUT2D eigenvalue weighted by Crippen LogP contribution is -2.50. The molecule has 2 rings (SSSR count). The Bertz CT molecular complexity index is 530. The van der Waals surface area contributed by atoms with Gasteiger partial charge in [-0.2, -0.15) is 8.75 Å². The molecule has 0 spiro atoms. The van der Waals surface area contributed by atoms with E-state index in [2.05, 4.69) is 8.75 Å². The molecule has 2 heterocycles. The molecule has 0 N–H and O–H groups in total. The average Bonchev–Trinajstić information content (AvgIpc) is 2.86. The Morgan fingerprint density at radius 1 is 1.14 bits per heavy atom. The summed E-state index contributed by atoms with van der Waals surface area (Å²) in [5, 5.41) is 0. The van der Waals surface area contributed by atoms with Crippen LogP contribution in [-0.2, 0) is 4.74 Å². The molecule has 1 fully saturated rings. The van der Waals surface area contributed by atoms with Gasteiger partial charge in [0.2, 0.25) is 0 Å². The maximum atomic E-state index is 12.0. The van der Waals surface area contributed by atoms with Gasteiger partial charge in [-0.15, -0.1) is 0 Å². The Morgan fingerprint density at radius 3 is 2.29 bits per heavy atom. The second kappa shape index (κ2) is 5.97. The highest BCUT2D eigenvalue weighted by atomic mass is 32.1. The first-order valence-electron chi connectivity index (χ1n) is 6.84. The first-order valence-corrected chi connectivity index (χ1v) is 7.57. The standard InChI is InChI=1S/C13H20N4O3S/c1-9(18)10-11(15-21-14-10)16-5-7-17(8-6-16)12(19)20-13(2,3)4/h5-8H2,1-4H3. The molecule has 8 heteroatoms. The zero-order valence-corrected chi connectivity index (χ0v) is 13.6. The summed E-state index contributed by atoms with van der Waals surface area (Å²) in [6.07, 6.45) is -0.301. The summed E-state index contributed by atoms with van der Waals surface area (Å²) >= 11 is 1.04. The predicted molar refractivity (Wildman–Crippen MR) is 79.9 cm³/mol. The predicted octanol–water partition coefficient (Wildman–Crippen LogP) is 1.80. The van der Waals surface area contributed by atoms with Gasteiger partial charge in [-0.3, -0.25) is 4.79 Å². The normalized spacial score (nSPS) is 16.0. The average molecular weight is 312 g/mol. The number of ether oxygens (including phenoxy) is 1. The number of hydrogen-bond acceptors (Lipinski definition) is 7. The maximum Gasteiger partial charge on any atom is 0.410 e. The van der Waals surface area contributed by atoms with Crippen molar-refractivity contribution in [3.63, 3.8) is 0 Å². The van der Waals surface area contributed by atoms with Crippen LogP contribution in [0, 0.1) is 0 Å². The molecule has 0 radical (unpaired) electrons. The Balaban J connectivity index is 1.96. The smallest absolute Gasteiger partial charge is 0.410 e. The molecular weight excluding hydrogens is 292 g/mol. The fourth-order valence-electron chi connectivity index (χ4n) is 2.04. The van der Waals surface area contributed by atoms with Crippen molar-refractivity contribution in [3.05, 3.63) is 5.69 Å². The van der Waals surface area contributed by atoms with Gasteiger partial charge in [0.25, 0.3) is 0 Å². The van der Waals surface area contributed by atoms with E-state index in [1.54, 1.807) is 4.90 Å². The summed E-state index contributed by atoms with van der Waals surface area (Å²) in [4.78, 5) is 27.1. The van der Waals surface area contributed by atoms with Gasteiger partial charge in [0.15, 0.2) is 17.3 Å². The largest absolute Gasteiger partial charge is 0.444 e. The second-order valence-corrected chi connectivity index (χ2v) is 6.48. The summed E-state index contributed by atoms with van der Waals surface area (Å²) < 4.78 is 13.6. The van der Waals surface area contributed by atoms with Crippen LogP contribution in [0.25, 0.3) is 0 Å². The highest BCUT2D eigenvalue weighted by Gasteiger charge is 2.28. The second-order valence-electron chi connectivity index (χ2n) is 5.95. The van der Waals surface area contributed by atoms with Crippen molar-refractivity contribution in [2.24, 2.45) is 0 Å². The molecular formula is C13H20N4O3S. The Labute approximate surface area is 128 Å². The van der Waals surface area contributed by atoms with Crippen molar-refractivity contribution in [3.8, 4) is 0 Å². The number of ketones is 1. The molecule has 0 atom stereocenters. The molecule has 0 saturated carbocycles. The Hall–Kier alpha value is -1.70.